The van der Waals surface area contributed by atoms with E-state index in [1.165, 1.54) is 14.2 Å². The molecule has 8 heteroatoms. The Labute approximate surface area is 178 Å². The zero-order valence-electron chi connectivity index (χ0n) is 16.6. The van der Waals surface area contributed by atoms with Gasteiger partial charge in [0, 0.05) is 12.5 Å². The molecule has 0 amide bonds. The number of ether oxygens (including phenoxy) is 3. The third-order valence-electron chi connectivity index (χ3n) is 4.29. The van der Waals surface area contributed by atoms with E-state index in [4.69, 9.17) is 31.1 Å². The predicted octanol–water partition coefficient (Wildman–Crippen LogP) is 4.36. The molecule has 3 aromatic rings. The standard InChI is InChI=1S/C22H20ClN3O4/c1-28-19-12-16-18(13-20(19)29-2)25-21(26-22(16)27)17(23)11-14-6-5-7-15(10-14)30-9-4-3-8-24/h5-7,10-13H,3-4,9H2,1-2H3,(H,25,26,27)/b17-11-. The third kappa shape index (κ3) is 4.91. The van der Waals surface area contributed by atoms with Gasteiger partial charge in [0.2, 0.25) is 0 Å². The van der Waals surface area contributed by atoms with Gasteiger partial charge in [-0.3, -0.25) is 4.79 Å². The SMILES string of the molecule is COc1cc2nc(/C(Cl)=C/c3cccc(OCCCC#N)c3)[nH]c(=O)c2cc1OC. The summed E-state index contributed by atoms with van der Waals surface area (Å²) in [6.07, 6.45) is 2.80. The lowest BCUT2D eigenvalue weighted by atomic mass is 10.2. The molecule has 0 unspecified atom stereocenters. The van der Waals surface area contributed by atoms with Crippen LogP contribution in [0.5, 0.6) is 17.2 Å². The number of hydrogen-bond donors (Lipinski definition) is 1. The number of aromatic nitrogens is 2. The molecule has 0 aliphatic carbocycles. The Hall–Kier alpha value is -3.50. The molecule has 2 aromatic carbocycles. The van der Waals surface area contributed by atoms with E-state index in [9.17, 15) is 4.79 Å². The number of halogens is 1. The van der Waals surface area contributed by atoms with Crippen LogP contribution >= 0.6 is 11.6 Å². The zero-order valence-corrected chi connectivity index (χ0v) is 17.3. The minimum Gasteiger partial charge on any atom is -0.494 e. The van der Waals surface area contributed by atoms with Gasteiger partial charge in [0.1, 0.15) is 5.75 Å². The van der Waals surface area contributed by atoms with Gasteiger partial charge in [0.05, 0.1) is 42.8 Å². The number of fused-ring (bicyclic) bond motifs is 1. The second-order valence-electron chi connectivity index (χ2n) is 6.31. The highest BCUT2D eigenvalue weighted by Crippen LogP contribution is 2.30. The molecule has 30 heavy (non-hydrogen) atoms. The molecule has 1 N–H and O–H groups in total. The molecule has 0 fully saturated rings. The molecule has 0 bridgehead atoms. The molecule has 0 aliphatic rings. The highest BCUT2D eigenvalue weighted by atomic mass is 35.5. The molecule has 0 atom stereocenters. The Morgan fingerprint density at radius 2 is 2.00 bits per heavy atom. The summed E-state index contributed by atoms with van der Waals surface area (Å²) in [4.78, 5) is 19.7. The summed E-state index contributed by atoms with van der Waals surface area (Å²) in [5.74, 6) is 1.82. The molecule has 0 aliphatic heterocycles. The summed E-state index contributed by atoms with van der Waals surface area (Å²) in [6, 6.07) is 12.6. The topological polar surface area (TPSA) is 97.2 Å². The van der Waals surface area contributed by atoms with Gasteiger partial charge in [-0.2, -0.15) is 5.26 Å². The van der Waals surface area contributed by atoms with Crippen molar-refractivity contribution >= 4 is 33.6 Å². The van der Waals surface area contributed by atoms with Crippen LogP contribution in [-0.2, 0) is 0 Å². The molecular formula is C22H20ClN3O4. The summed E-state index contributed by atoms with van der Waals surface area (Å²) in [5.41, 5.74) is 0.887. The molecule has 3 rings (SSSR count). The van der Waals surface area contributed by atoms with Crippen molar-refractivity contribution in [2.45, 2.75) is 12.8 Å². The van der Waals surface area contributed by atoms with E-state index in [0.717, 1.165) is 5.56 Å². The lowest BCUT2D eigenvalue weighted by Crippen LogP contribution is -2.11. The summed E-state index contributed by atoms with van der Waals surface area (Å²) in [6.45, 7) is 0.458. The van der Waals surface area contributed by atoms with E-state index in [1.807, 2.05) is 24.3 Å². The lowest BCUT2D eigenvalue weighted by molar-refractivity contribution is 0.312. The first kappa shape index (κ1) is 21.2. The number of methoxy groups -OCH3 is 2. The molecule has 7 nitrogen and oxygen atoms in total. The minimum absolute atomic E-state index is 0.238. The van der Waals surface area contributed by atoms with Crippen LogP contribution in [0.2, 0.25) is 0 Å². The Kier molecular flexibility index (Phi) is 6.94. The van der Waals surface area contributed by atoms with Gasteiger partial charge in [0.25, 0.3) is 5.56 Å². The second kappa shape index (κ2) is 9.81. The molecule has 0 saturated carbocycles. The van der Waals surface area contributed by atoms with Crippen molar-refractivity contribution in [1.29, 1.82) is 5.26 Å². The number of nitrogens with one attached hydrogen (secondary N) is 1. The van der Waals surface area contributed by atoms with E-state index < -0.39 is 0 Å². The molecule has 0 saturated heterocycles. The normalized spacial score (nSPS) is 11.2. The fourth-order valence-electron chi connectivity index (χ4n) is 2.83. The third-order valence-corrected chi connectivity index (χ3v) is 4.58. The van der Waals surface area contributed by atoms with Crippen LogP contribution in [0.25, 0.3) is 22.0 Å². The van der Waals surface area contributed by atoms with Crippen molar-refractivity contribution < 1.29 is 14.2 Å². The molecule has 0 radical (unpaired) electrons. The van der Waals surface area contributed by atoms with E-state index in [2.05, 4.69) is 16.0 Å². The van der Waals surface area contributed by atoms with Crippen molar-refractivity contribution in [2.75, 3.05) is 20.8 Å². The van der Waals surface area contributed by atoms with Crippen LogP contribution in [-0.4, -0.2) is 30.8 Å². The smallest absolute Gasteiger partial charge is 0.259 e. The van der Waals surface area contributed by atoms with E-state index >= 15 is 0 Å². The molecule has 154 valence electrons. The van der Waals surface area contributed by atoms with Crippen molar-refractivity contribution in [2.24, 2.45) is 0 Å². The first-order valence-corrected chi connectivity index (χ1v) is 9.57. The molecular weight excluding hydrogens is 406 g/mol. The maximum absolute atomic E-state index is 12.5. The van der Waals surface area contributed by atoms with Crippen LogP contribution in [0.1, 0.15) is 24.2 Å². The highest BCUT2D eigenvalue weighted by Gasteiger charge is 2.12. The van der Waals surface area contributed by atoms with Crippen molar-refractivity contribution in [3.8, 4) is 23.3 Å². The average Bonchev–Trinajstić information content (AvgIpc) is 2.76. The van der Waals surface area contributed by atoms with Gasteiger partial charge in [-0.1, -0.05) is 23.7 Å². The van der Waals surface area contributed by atoms with Crippen LogP contribution in [0.4, 0.5) is 0 Å². The van der Waals surface area contributed by atoms with Crippen molar-refractivity contribution in [3.05, 3.63) is 58.1 Å². The predicted molar refractivity (Wildman–Crippen MR) is 116 cm³/mol. The summed E-state index contributed by atoms with van der Waals surface area (Å²) in [5, 5.41) is 9.22. The van der Waals surface area contributed by atoms with E-state index in [1.54, 1.807) is 18.2 Å². The number of H-pyrrole nitrogens is 1. The number of nitriles is 1. The number of unbranched alkanes of at least 4 members (excludes halogenated alkanes) is 1. The first-order chi connectivity index (χ1) is 14.5. The lowest BCUT2D eigenvalue weighted by Gasteiger charge is -2.09. The maximum atomic E-state index is 12.5. The Morgan fingerprint density at radius 3 is 2.73 bits per heavy atom. The Morgan fingerprint density at radius 1 is 1.23 bits per heavy atom. The van der Waals surface area contributed by atoms with Gasteiger partial charge >= 0.3 is 0 Å². The Bertz CT molecular complexity index is 1180. The summed E-state index contributed by atoms with van der Waals surface area (Å²) in [7, 11) is 3.01. The van der Waals surface area contributed by atoms with Crippen LogP contribution in [0.15, 0.2) is 41.2 Å². The minimum atomic E-state index is -0.336. The van der Waals surface area contributed by atoms with E-state index in [0.29, 0.717) is 47.6 Å². The first-order valence-electron chi connectivity index (χ1n) is 9.19. The van der Waals surface area contributed by atoms with E-state index in [-0.39, 0.29) is 16.4 Å². The highest BCUT2D eigenvalue weighted by molar-refractivity contribution is 6.50. The number of aromatic amines is 1. The van der Waals surface area contributed by atoms with Crippen molar-refractivity contribution in [3.63, 3.8) is 0 Å². The Balaban J connectivity index is 1.91. The van der Waals surface area contributed by atoms with Gasteiger partial charge < -0.3 is 19.2 Å². The zero-order chi connectivity index (χ0) is 21.5. The monoisotopic (exact) mass is 425 g/mol. The summed E-state index contributed by atoms with van der Waals surface area (Å²) >= 11 is 6.44. The largest absolute Gasteiger partial charge is 0.494 e. The van der Waals surface area contributed by atoms with Gasteiger partial charge in [0.15, 0.2) is 17.3 Å². The number of rotatable bonds is 8. The van der Waals surface area contributed by atoms with Crippen molar-refractivity contribution in [1.82, 2.24) is 9.97 Å². The summed E-state index contributed by atoms with van der Waals surface area (Å²) < 4.78 is 16.2. The van der Waals surface area contributed by atoms with Crippen LogP contribution in [0.3, 0.4) is 0 Å². The number of benzene rings is 2. The fraction of sp³-hybridized carbons (Fsp3) is 0.227. The molecule has 1 aromatic heterocycles. The molecule has 1 heterocycles. The van der Waals surface area contributed by atoms with Crippen LogP contribution in [0, 0.1) is 11.3 Å². The molecule has 0 spiro atoms. The van der Waals surface area contributed by atoms with Crippen LogP contribution < -0.4 is 19.8 Å². The van der Waals surface area contributed by atoms with Gasteiger partial charge in [-0.25, -0.2) is 4.98 Å². The van der Waals surface area contributed by atoms with Gasteiger partial charge in [-0.15, -0.1) is 0 Å². The number of nitrogens with zero attached hydrogens (tertiary/aromatic N) is 2. The maximum Gasteiger partial charge on any atom is 0.259 e. The average molecular weight is 426 g/mol. The second-order valence-corrected chi connectivity index (χ2v) is 6.72. The quantitative estimate of drug-likeness (QED) is 0.538. The fourth-order valence-corrected chi connectivity index (χ4v) is 3.04. The van der Waals surface area contributed by atoms with Gasteiger partial charge in [-0.05, 0) is 36.3 Å². The number of hydrogen-bond acceptors (Lipinski definition) is 6.